The van der Waals surface area contributed by atoms with Crippen molar-refractivity contribution in [2.75, 3.05) is 33.2 Å². The van der Waals surface area contributed by atoms with Crippen molar-refractivity contribution < 1.29 is 4.79 Å². The van der Waals surface area contributed by atoms with Gasteiger partial charge < -0.3 is 14.4 Å². The number of unbranched alkanes of at least 4 members (excludes halogenated alkanes) is 1. The Labute approximate surface area is 167 Å². The summed E-state index contributed by atoms with van der Waals surface area (Å²) in [6, 6.07) is 14.5. The maximum absolute atomic E-state index is 12.9. The summed E-state index contributed by atoms with van der Waals surface area (Å²) in [5, 5.41) is 2.45. The van der Waals surface area contributed by atoms with Gasteiger partial charge in [0, 0.05) is 48.0 Å². The summed E-state index contributed by atoms with van der Waals surface area (Å²) in [6.07, 6.45) is 6.30. The number of aromatic nitrogens is 1. The van der Waals surface area contributed by atoms with E-state index < -0.39 is 0 Å². The molecule has 3 aromatic rings. The lowest BCUT2D eigenvalue weighted by Gasteiger charge is -2.26. The maximum Gasteiger partial charge on any atom is 0.253 e. The van der Waals surface area contributed by atoms with Crippen LogP contribution in [0.1, 0.15) is 42.5 Å². The number of nitrogens with zero attached hydrogens (tertiary/aromatic N) is 3. The molecule has 1 aliphatic heterocycles. The van der Waals surface area contributed by atoms with Crippen LogP contribution in [0.5, 0.6) is 0 Å². The van der Waals surface area contributed by atoms with Crippen molar-refractivity contribution in [2.24, 2.45) is 7.05 Å². The molecule has 0 aliphatic carbocycles. The first-order valence-electron chi connectivity index (χ1n) is 10.6. The number of likely N-dealkylation sites (tertiary alicyclic amines) is 1. The van der Waals surface area contributed by atoms with Crippen LogP contribution in [0, 0.1) is 0 Å². The summed E-state index contributed by atoms with van der Waals surface area (Å²) >= 11 is 0. The molecule has 0 saturated carbocycles. The Hall–Kier alpha value is -2.33. The standard InChI is InChI=1S/C24H31N3O/c1-25(14-8-9-17-27-15-6-3-7-16-27)24(28)19-12-13-21-20-10-4-5-11-22(20)26(2)23(21)18-19/h4-5,10-13,18H,3,6-9,14-17H2,1-2H3. The summed E-state index contributed by atoms with van der Waals surface area (Å²) in [7, 11) is 4.00. The van der Waals surface area contributed by atoms with Crippen LogP contribution in [-0.4, -0.2) is 53.5 Å². The molecule has 2 aromatic carbocycles. The number of carbonyl (C=O) groups excluding carboxylic acids is 1. The molecule has 0 N–H and O–H groups in total. The van der Waals surface area contributed by atoms with Gasteiger partial charge in [-0.15, -0.1) is 0 Å². The SMILES string of the molecule is CN(CCCCN1CCCCC1)C(=O)c1ccc2c3ccccc3n(C)c2c1. The smallest absolute Gasteiger partial charge is 0.253 e. The van der Waals surface area contributed by atoms with Gasteiger partial charge in [-0.3, -0.25) is 4.79 Å². The summed E-state index contributed by atoms with van der Waals surface area (Å²) in [5.74, 6) is 0.116. The molecule has 1 aliphatic rings. The highest BCUT2D eigenvalue weighted by molar-refractivity contribution is 6.10. The Kier molecular flexibility index (Phi) is 5.67. The maximum atomic E-state index is 12.9. The number of hydrogen-bond acceptors (Lipinski definition) is 2. The Morgan fingerprint density at radius 2 is 1.71 bits per heavy atom. The predicted molar refractivity (Wildman–Crippen MR) is 117 cm³/mol. The van der Waals surface area contributed by atoms with Crippen LogP contribution < -0.4 is 0 Å². The monoisotopic (exact) mass is 377 g/mol. The second-order valence-electron chi connectivity index (χ2n) is 8.14. The molecule has 4 rings (SSSR count). The minimum absolute atomic E-state index is 0.116. The van der Waals surface area contributed by atoms with E-state index in [1.165, 1.54) is 61.6 Å². The minimum atomic E-state index is 0.116. The second-order valence-corrected chi connectivity index (χ2v) is 8.14. The van der Waals surface area contributed by atoms with Gasteiger partial charge in [-0.2, -0.15) is 0 Å². The van der Waals surface area contributed by atoms with Crippen molar-refractivity contribution in [3.63, 3.8) is 0 Å². The molecule has 0 spiro atoms. The number of rotatable bonds is 6. The van der Waals surface area contributed by atoms with Crippen molar-refractivity contribution >= 4 is 27.7 Å². The van der Waals surface area contributed by atoms with Crippen molar-refractivity contribution in [2.45, 2.75) is 32.1 Å². The van der Waals surface area contributed by atoms with E-state index in [9.17, 15) is 4.79 Å². The van der Waals surface area contributed by atoms with E-state index in [0.717, 1.165) is 24.0 Å². The van der Waals surface area contributed by atoms with Gasteiger partial charge in [0.1, 0.15) is 0 Å². The number of fused-ring (bicyclic) bond motifs is 3. The Morgan fingerprint density at radius 1 is 0.964 bits per heavy atom. The molecule has 1 fully saturated rings. The highest BCUT2D eigenvalue weighted by atomic mass is 16.2. The van der Waals surface area contributed by atoms with Crippen molar-refractivity contribution in [1.82, 2.24) is 14.4 Å². The van der Waals surface area contributed by atoms with Crippen LogP contribution in [0.3, 0.4) is 0 Å². The van der Waals surface area contributed by atoms with Crippen molar-refractivity contribution in [3.8, 4) is 0 Å². The van der Waals surface area contributed by atoms with Gasteiger partial charge in [0.05, 0.1) is 0 Å². The molecule has 2 heterocycles. The topological polar surface area (TPSA) is 28.5 Å². The number of para-hydroxylation sites is 1. The van der Waals surface area contributed by atoms with E-state index in [1.807, 2.05) is 24.1 Å². The second kappa shape index (κ2) is 8.36. The minimum Gasteiger partial charge on any atom is -0.344 e. The van der Waals surface area contributed by atoms with Gasteiger partial charge in [0.15, 0.2) is 0 Å². The van der Waals surface area contributed by atoms with Crippen molar-refractivity contribution in [3.05, 3.63) is 48.0 Å². The third-order valence-electron chi connectivity index (χ3n) is 6.17. The lowest BCUT2D eigenvalue weighted by Crippen LogP contribution is -2.32. The molecule has 1 aromatic heterocycles. The molecule has 0 radical (unpaired) electrons. The summed E-state index contributed by atoms with van der Waals surface area (Å²) < 4.78 is 2.18. The summed E-state index contributed by atoms with van der Waals surface area (Å²) in [6.45, 7) is 4.49. The molecule has 4 nitrogen and oxygen atoms in total. The molecular weight excluding hydrogens is 346 g/mol. The fourth-order valence-electron chi connectivity index (χ4n) is 4.48. The third kappa shape index (κ3) is 3.79. The Morgan fingerprint density at radius 3 is 2.54 bits per heavy atom. The fourth-order valence-corrected chi connectivity index (χ4v) is 4.48. The van der Waals surface area contributed by atoms with E-state index in [4.69, 9.17) is 0 Å². The Bertz CT molecular complexity index is 969. The van der Waals surface area contributed by atoms with E-state index >= 15 is 0 Å². The van der Waals surface area contributed by atoms with Crippen LogP contribution in [0.25, 0.3) is 21.8 Å². The van der Waals surface area contributed by atoms with Gasteiger partial charge >= 0.3 is 0 Å². The lowest BCUT2D eigenvalue weighted by atomic mass is 10.1. The highest BCUT2D eigenvalue weighted by Crippen LogP contribution is 2.28. The van der Waals surface area contributed by atoms with Crippen LogP contribution in [-0.2, 0) is 7.05 Å². The lowest BCUT2D eigenvalue weighted by molar-refractivity contribution is 0.0791. The predicted octanol–water partition coefficient (Wildman–Crippen LogP) is 4.67. The van der Waals surface area contributed by atoms with E-state index in [-0.39, 0.29) is 5.91 Å². The summed E-state index contributed by atoms with van der Waals surface area (Å²) in [5.41, 5.74) is 3.09. The third-order valence-corrected chi connectivity index (χ3v) is 6.17. The normalized spacial score (nSPS) is 15.4. The first-order chi connectivity index (χ1) is 13.6. The first kappa shape index (κ1) is 19.0. The number of aryl methyl sites for hydroxylation is 1. The molecule has 1 saturated heterocycles. The van der Waals surface area contributed by atoms with E-state index in [0.29, 0.717) is 0 Å². The molecule has 0 unspecified atom stereocenters. The first-order valence-corrected chi connectivity index (χ1v) is 10.6. The number of piperidine rings is 1. The van der Waals surface area contributed by atoms with Gasteiger partial charge in [-0.05, 0) is 63.5 Å². The van der Waals surface area contributed by atoms with Gasteiger partial charge in [0.25, 0.3) is 5.91 Å². The largest absolute Gasteiger partial charge is 0.344 e. The average Bonchev–Trinajstić information content (AvgIpc) is 3.03. The molecule has 0 atom stereocenters. The molecular formula is C24H31N3O. The van der Waals surface area contributed by atoms with Crippen LogP contribution in [0.15, 0.2) is 42.5 Å². The molecule has 148 valence electrons. The van der Waals surface area contributed by atoms with E-state index in [2.05, 4.69) is 46.8 Å². The van der Waals surface area contributed by atoms with Gasteiger partial charge in [-0.1, -0.05) is 30.7 Å². The van der Waals surface area contributed by atoms with Crippen molar-refractivity contribution in [1.29, 1.82) is 0 Å². The zero-order valence-corrected chi connectivity index (χ0v) is 17.2. The van der Waals surface area contributed by atoms with Gasteiger partial charge in [0.2, 0.25) is 0 Å². The number of amides is 1. The van der Waals surface area contributed by atoms with Crippen LogP contribution in [0.4, 0.5) is 0 Å². The quantitative estimate of drug-likeness (QED) is 0.584. The zero-order valence-electron chi connectivity index (χ0n) is 17.2. The average molecular weight is 378 g/mol. The zero-order chi connectivity index (χ0) is 19.5. The number of hydrogen-bond donors (Lipinski definition) is 0. The number of benzene rings is 2. The molecule has 28 heavy (non-hydrogen) atoms. The molecule has 1 amide bonds. The molecule has 0 bridgehead atoms. The van der Waals surface area contributed by atoms with Gasteiger partial charge in [-0.25, -0.2) is 0 Å². The van der Waals surface area contributed by atoms with E-state index in [1.54, 1.807) is 0 Å². The Balaban J connectivity index is 1.40. The number of carbonyl (C=O) groups is 1. The molecule has 4 heteroatoms. The van der Waals surface area contributed by atoms with Crippen LogP contribution in [0.2, 0.25) is 0 Å². The highest BCUT2D eigenvalue weighted by Gasteiger charge is 2.15. The summed E-state index contributed by atoms with van der Waals surface area (Å²) in [4.78, 5) is 17.4. The fraction of sp³-hybridized carbons (Fsp3) is 0.458. The van der Waals surface area contributed by atoms with Crippen LogP contribution >= 0.6 is 0 Å².